The Balaban J connectivity index is 4.64. The van der Waals surface area contributed by atoms with E-state index in [2.05, 4.69) is 80.0 Å². The van der Waals surface area contributed by atoms with Crippen LogP contribution in [0.1, 0.15) is 55.4 Å². The number of hydrogen-bond donors (Lipinski definition) is 1. The summed E-state index contributed by atoms with van der Waals surface area (Å²) >= 11 is 1.99. The molecule has 0 aromatic rings. The van der Waals surface area contributed by atoms with E-state index >= 15 is 0 Å². The van der Waals surface area contributed by atoms with Gasteiger partial charge < -0.3 is 9.80 Å². The molecule has 0 aliphatic carbocycles. The van der Waals surface area contributed by atoms with Gasteiger partial charge in [0.2, 0.25) is 0 Å². The molecule has 0 aromatic carbocycles. The molecule has 7 heteroatoms. The first kappa shape index (κ1) is 27.9. The second kappa shape index (κ2) is 17.7. The van der Waals surface area contributed by atoms with Crippen molar-refractivity contribution in [3.63, 3.8) is 0 Å². The average molecular weight is 430 g/mol. The lowest BCUT2D eigenvalue weighted by atomic mass is 10.4. The summed E-state index contributed by atoms with van der Waals surface area (Å²) in [6.07, 6.45) is 0. The van der Waals surface area contributed by atoms with Crippen LogP contribution in [0, 0.1) is 0 Å². The van der Waals surface area contributed by atoms with Gasteiger partial charge in [0.25, 0.3) is 0 Å². The maximum absolute atomic E-state index is 4.96. The Bertz CT molecular complexity index is 434. The highest BCUT2D eigenvalue weighted by Crippen LogP contribution is 2.03. The predicted molar refractivity (Wildman–Crippen MR) is 133 cm³/mol. The van der Waals surface area contributed by atoms with Gasteiger partial charge in [-0.05, 0) is 55.4 Å². The summed E-state index contributed by atoms with van der Waals surface area (Å²) in [6.45, 7) is 27.8. The van der Waals surface area contributed by atoms with E-state index in [1.165, 1.54) is 5.96 Å². The van der Waals surface area contributed by atoms with Gasteiger partial charge in [-0.3, -0.25) is 19.8 Å². The quantitative estimate of drug-likeness (QED) is 0.199. The molecule has 0 bridgehead atoms. The molecule has 0 saturated carbocycles. The van der Waals surface area contributed by atoms with Gasteiger partial charge in [-0.2, -0.15) is 11.8 Å². The summed E-state index contributed by atoms with van der Waals surface area (Å²) < 4.78 is 2.42. The van der Waals surface area contributed by atoms with Crippen molar-refractivity contribution in [2.45, 2.75) is 55.4 Å². The van der Waals surface area contributed by atoms with Crippen LogP contribution in [-0.2, 0) is 0 Å². The number of nitrogens with zero attached hydrogens (tertiary/aromatic N) is 5. The zero-order valence-electron chi connectivity index (χ0n) is 20.6. The zero-order valence-corrected chi connectivity index (χ0v) is 21.4. The Labute approximate surface area is 185 Å². The van der Waals surface area contributed by atoms with E-state index in [4.69, 9.17) is 4.99 Å². The molecule has 0 heterocycles. The van der Waals surface area contributed by atoms with Crippen LogP contribution in [0.3, 0.4) is 0 Å². The van der Waals surface area contributed by atoms with Crippen LogP contribution in [0.4, 0.5) is 0 Å². The van der Waals surface area contributed by atoms with Gasteiger partial charge in [0.15, 0.2) is 5.96 Å². The molecule has 0 spiro atoms. The van der Waals surface area contributed by atoms with E-state index in [9.17, 15) is 0 Å². The molecule has 29 heavy (non-hydrogen) atoms. The van der Waals surface area contributed by atoms with Crippen LogP contribution in [0.5, 0.6) is 0 Å². The highest BCUT2D eigenvalue weighted by molar-refractivity contribution is 7.99. The van der Waals surface area contributed by atoms with Crippen molar-refractivity contribution in [2.75, 3.05) is 77.0 Å². The molecule has 0 amide bonds. The molecule has 0 saturated heterocycles. The Morgan fingerprint density at radius 2 is 1.21 bits per heavy atom. The molecule has 0 rings (SSSR count). The molecule has 0 aliphatic heterocycles. The third kappa shape index (κ3) is 9.96. The van der Waals surface area contributed by atoms with E-state index in [1.54, 1.807) is 0 Å². The maximum atomic E-state index is 4.96. The van der Waals surface area contributed by atoms with Crippen molar-refractivity contribution in [1.82, 2.24) is 20.0 Å². The second-order valence-electron chi connectivity index (χ2n) is 6.73. The summed E-state index contributed by atoms with van der Waals surface area (Å²) in [5, 5.41) is 3.69. The van der Waals surface area contributed by atoms with E-state index in [0.29, 0.717) is 0 Å². The summed E-state index contributed by atoms with van der Waals surface area (Å²) in [4.78, 5) is 12.1. The third-order valence-electron chi connectivity index (χ3n) is 5.24. The minimum absolute atomic E-state index is 0.885. The molecular formula is C22H49N6S+. The number of nitrogens with one attached hydrogen (secondary N) is 1. The number of rotatable bonds is 14. The third-order valence-corrected chi connectivity index (χ3v) is 6.20. The fourth-order valence-corrected chi connectivity index (χ4v) is 4.10. The van der Waals surface area contributed by atoms with Crippen LogP contribution in [0.15, 0.2) is 4.99 Å². The molecule has 6 nitrogen and oxygen atoms in total. The second-order valence-corrected chi connectivity index (χ2v) is 7.96. The summed E-state index contributed by atoms with van der Waals surface area (Å²) in [5.74, 6) is 4.62. The standard InChI is InChI=1S/C22H48N6S/c1-9-25(10-2)21(26(11-3)12-4)23-17-19-29-20-18-24-22(27(13-5)14-6)28(15-7)16-8/h9-20H2,1-8H3/p+1. The topological polar surface area (TPSA) is 37.1 Å². The maximum Gasteiger partial charge on any atom is 0.348 e. The molecule has 0 aromatic heterocycles. The van der Waals surface area contributed by atoms with Gasteiger partial charge in [-0.25, -0.2) is 0 Å². The smallest absolute Gasteiger partial charge is 0.343 e. The molecule has 172 valence electrons. The molecule has 0 aliphatic rings. The van der Waals surface area contributed by atoms with Crippen LogP contribution in [0.25, 0.3) is 0 Å². The fraction of sp³-hybridized carbons (Fsp3) is 0.909. The minimum Gasteiger partial charge on any atom is -0.343 e. The Morgan fingerprint density at radius 3 is 1.62 bits per heavy atom. The van der Waals surface area contributed by atoms with Gasteiger partial charge in [-0.1, -0.05) is 0 Å². The molecule has 0 unspecified atom stereocenters. The minimum atomic E-state index is 0.885. The highest BCUT2D eigenvalue weighted by atomic mass is 32.2. The average Bonchev–Trinajstić information content (AvgIpc) is 2.75. The number of aliphatic imine (C=N–C) groups is 1. The summed E-state index contributed by atoms with van der Waals surface area (Å²) in [5.41, 5.74) is 0. The lowest BCUT2D eigenvalue weighted by molar-refractivity contribution is -0.527. The van der Waals surface area contributed by atoms with E-state index in [0.717, 1.165) is 82.9 Å². The monoisotopic (exact) mass is 429 g/mol. The van der Waals surface area contributed by atoms with Gasteiger partial charge in [0.05, 0.1) is 39.3 Å². The Kier molecular flexibility index (Phi) is 17.0. The first-order valence-electron chi connectivity index (χ1n) is 11.8. The van der Waals surface area contributed by atoms with Crippen LogP contribution >= 0.6 is 11.8 Å². The van der Waals surface area contributed by atoms with Crippen molar-refractivity contribution in [3.8, 4) is 0 Å². The van der Waals surface area contributed by atoms with Gasteiger partial charge in [-0.15, -0.1) is 0 Å². The SMILES string of the molecule is CCN(CC)C(=NCCSCCNC(N(CC)CC)=[N+](CC)CC)N(CC)CC. The lowest BCUT2D eigenvalue weighted by Crippen LogP contribution is -2.48. The van der Waals surface area contributed by atoms with Crippen LogP contribution < -0.4 is 5.32 Å². The van der Waals surface area contributed by atoms with Crippen molar-refractivity contribution in [1.29, 1.82) is 0 Å². The Hall–Kier alpha value is -1.11. The zero-order chi connectivity index (χ0) is 22.1. The first-order valence-corrected chi connectivity index (χ1v) is 13.0. The molecular weight excluding hydrogens is 380 g/mol. The van der Waals surface area contributed by atoms with Gasteiger partial charge >= 0.3 is 5.96 Å². The van der Waals surface area contributed by atoms with Crippen molar-refractivity contribution in [3.05, 3.63) is 0 Å². The molecule has 0 atom stereocenters. The van der Waals surface area contributed by atoms with Crippen molar-refractivity contribution in [2.24, 2.45) is 4.99 Å². The van der Waals surface area contributed by atoms with E-state index in [-0.39, 0.29) is 0 Å². The number of hydrogen-bond acceptors (Lipinski definition) is 2. The number of guanidine groups is 2. The summed E-state index contributed by atoms with van der Waals surface area (Å²) in [7, 11) is 0. The normalized spacial score (nSPS) is 10.5. The lowest BCUT2D eigenvalue weighted by Gasteiger charge is -2.32. The van der Waals surface area contributed by atoms with E-state index in [1.807, 2.05) is 11.8 Å². The van der Waals surface area contributed by atoms with Gasteiger partial charge in [0, 0.05) is 37.7 Å². The largest absolute Gasteiger partial charge is 0.348 e. The molecule has 0 radical (unpaired) electrons. The number of thioether (sulfide) groups is 1. The fourth-order valence-electron chi connectivity index (χ4n) is 3.43. The van der Waals surface area contributed by atoms with Crippen molar-refractivity contribution >= 4 is 23.7 Å². The van der Waals surface area contributed by atoms with Crippen LogP contribution in [-0.4, -0.2) is 108 Å². The predicted octanol–water partition coefficient (Wildman–Crippen LogP) is 3.10. The van der Waals surface area contributed by atoms with Gasteiger partial charge in [0.1, 0.15) is 0 Å². The molecule has 0 fully saturated rings. The van der Waals surface area contributed by atoms with Crippen molar-refractivity contribution < 1.29 is 4.58 Å². The van der Waals surface area contributed by atoms with E-state index < -0.39 is 0 Å². The first-order chi connectivity index (χ1) is 14.1. The molecule has 1 N–H and O–H groups in total. The summed E-state index contributed by atoms with van der Waals surface area (Å²) in [6, 6.07) is 0. The van der Waals surface area contributed by atoms with Crippen LogP contribution in [0.2, 0.25) is 0 Å². The Morgan fingerprint density at radius 1 is 0.724 bits per heavy atom. The highest BCUT2D eigenvalue weighted by Gasteiger charge is 2.18.